The summed E-state index contributed by atoms with van der Waals surface area (Å²) in [5, 5.41) is 10.3. The highest BCUT2D eigenvalue weighted by Gasteiger charge is 2.11. The Hall–Kier alpha value is -0.870. The number of rotatable bonds is 5. The highest BCUT2D eigenvalue weighted by atomic mass is 32.1. The van der Waals surface area contributed by atoms with E-state index in [0.29, 0.717) is 6.42 Å². The minimum atomic E-state index is -0.995. The molecule has 0 fully saturated rings. The topological polar surface area (TPSA) is 67.8 Å². The summed E-state index contributed by atoms with van der Waals surface area (Å²) in [6.45, 7) is 2.11. The zero-order valence-electron chi connectivity index (χ0n) is 8.29. The molecule has 1 atom stereocenters. The van der Waals surface area contributed by atoms with E-state index in [1.54, 1.807) is 11.3 Å². The lowest BCUT2D eigenvalue weighted by molar-refractivity contribution is -0.427. The third kappa shape index (κ3) is 3.12. The van der Waals surface area contributed by atoms with E-state index in [1.165, 1.54) is 9.75 Å². The van der Waals surface area contributed by atoms with Crippen LogP contribution in [-0.4, -0.2) is 5.97 Å². The zero-order chi connectivity index (χ0) is 10.6. The number of hydrogen-bond acceptors (Lipinski definition) is 3. The van der Waals surface area contributed by atoms with Gasteiger partial charge in [-0.15, -0.1) is 11.3 Å². The standard InChI is InChI=1S/C10H15NO2S/c1-2-7-3-5-9(14-7)8(11)4-6-10(12)13/h3,5,8H,2,4,6,11H2,1H3,(H,12,13)/t8-/m0/s1. The molecule has 0 amide bonds. The van der Waals surface area contributed by atoms with Gasteiger partial charge in [0.1, 0.15) is 6.04 Å². The number of hydrogen-bond donors (Lipinski definition) is 1. The second-order valence-corrected chi connectivity index (χ2v) is 4.47. The molecule has 3 N–H and O–H groups in total. The van der Waals surface area contributed by atoms with E-state index < -0.39 is 5.97 Å². The van der Waals surface area contributed by atoms with Gasteiger partial charge < -0.3 is 15.6 Å². The highest BCUT2D eigenvalue weighted by molar-refractivity contribution is 7.12. The maximum atomic E-state index is 10.3. The van der Waals surface area contributed by atoms with Gasteiger partial charge >= 0.3 is 0 Å². The summed E-state index contributed by atoms with van der Waals surface area (Å²) < 4.78 is 0. The van der Waals surface area contributed by atoms with Gasteiger partial charge in [0.05, 0.1) is 4.88 Å². The van der Waals surface area contributed by atoms with Crippen LogP contribution in [0.1, 0.15) is 35.6 Å². The van der Waals surface area contributed by atoms with Crippen LogP contribution in [0.25, 0.3) is 0 Å². The van der Waals surface area contributed by atoms with E-state index in [2.05, 4.69) is 18.7 Å². The lowest BCUT2D eigenvalue weighted by Crippen LogP contribution is -2.53. The van der Waals surface area contributed by atoms with Gasteiger partial charge in [-0.1, -0.05) is 6.92 Å². The molecule has 0 saturated carbocycles. The predicted molar refractivity (Wildman–Crippen MR) is 53.6 cm³/mol. The Morgan fingerprint density at radius 1 is 1.64 bits per heavy atom. The molecule has 0 radical (unpaired) electrons. The molecule has 3 nitrogen and oxygen atoms in total. The SMILES string of the molecule is CCc1ccc([C@@H]([NH3+])CCC(=O)[O-])s1. The average molecular weight is 213 g/mol. The Labute approximate surface area is 87.6 Å². The predicted octanol–water partition coefficient (Wildman–Crippen LogP) is 0.124. The van der Waals surface area contributed by atoms with Gasteiger partial charge in [0.25, 0.3) is 0 Å². The van der Waals surface area contributed by atoms with Crippen molar-refractivity contribution in [3.63, 3.8) is 0 Å². The number of carboxylic acid groups (broad SMARTS) is 1. The Morgan fingerprint density at radius 2 is 2.36 bits per heavy atom. The van der Waals surface area contributed by atoms with Crippen LogP contribution in [-0.2, 0) is 11.2 Å². The lowest BCUT2D eigenvalue weighted by Gasteiger charge is -2.06. The molecule has 0 saturated heterocycles. The molecule has 0 aliphatic rings. The third-order valence-corrected chi connectivity index (χ3v) is 3.52. The summed E-state index contributed by atoms with van der Waals surface area (Å²) in [4.78, 5) is 12.8. The Bertz CT molecular complexity index is 309. The third-order valence-electron chi connectivity index (χ3n) is 2.13. The van der Waals surface area contributed by atoms with Gasteiger partial charge in [0, 0.05) is 17.3 Å². The summed E-state index contributed by atoms with van der Waals surface area (Å²) in [5.74, 6) is -0.995. The molecule has 0 unspecified atom stereocenters. The Kier molecular flexibility index (Phi) is 4.10. The van der Waals surface area contributed by atoms with E-state index in [9.17, 15) is 9.90 Å². The molecular formula is C10H15NO2S. The maximum Gasteiger partial charge on any atom is 0.120 e. The first-order chi connectivity index (χ1) is 6.63. The summed E-state index contributed by atoms with van der Waals surface area (Å²) in [5.41, 5.74) is 3.95. The van der Waals surface area contributed by atoms with E-state index in [0.717, 1.165) is 6.42 Å². The molecule has 0 bridgehead atoms. The number of quaternary nitrogens is 1. The van der Waals surface area contributed by atoms with Crippen molar-refractivity contribution in [3.8, 4) is 0 Å². The minimum absolute atomic E-state index is 0.0817. The molecule has 0 spiro atoms. The number of thiophene rings is 1. The number of aliphatic carboxylic acids is 1. The first-order valence-corrected chi connectivity index (χ1v) is 5.56. The molecule has 1 aromatic rings. The lowest BCUT2D eigenvalue weighted by atomic mass is 10.1. The molecular weight excluding hydrogens is 198 g/mol. The van der Waals surface area contributed by atoms with E-state index in [-0.39, 0.29) is 12.5 Å². The summed E-state index contributed by atoms with van der Waals surface area (Å²) in [7, 11) is 0. The van der Waals surface area contributed by atoms with Crippen LogP contribution in [0.2, 0.25) is 0 Å². The molecule has 1 rings (SSSR count). The van der Waals surface area contributed by atoms with Gasteiger partial charge in [0.15, 0.2) is 0 Å². The molecule has 0 aromatic carbocycles. The van der Waals surface area contributed by atoms with Crippen molar-refractivity contribution < 1.29 is 15.6 Å². The van der Waals surface area contributed by atoms with Crippen molar-refractivity contribution in [2.24, 2.45) is 0 Å². The van der Waals surface area contributed by atoms with Crippen LogP contribution in [0.15, 0.2) is 12.1 Å². The monoisotopic (exact) mass is 213 g/mol. The molecule has 0 aliphatic heterocycles. The summed E-state index contributed by atoms with van der Waals surface area (Å²) in [6.07, 6.45) is 1.68. The maximum absolute atomic E-state index is 10.3. The fraction of sp³-hybridized carbons (Fsp3) is 0.500. The van der Waals surface area contributed by atoms with Crippen LogP contribution in [0.4, 0.5) is 0 Å². The van der Waals surface area contributed by atoms with Gasteiger partial charge in [-0.25, -0.2) is 0 Å². The Balaban J connectivity index is 2.51. The van der Waals surface area contributed by atoms with Crippen LogP contribution in [0, 0.1) is 0 Å². The van der Waals surface area contributed by atoms with E-state index >= 15 is 0 Å². The quantitative estimate of drug-likeness (QED) is 0.755. The second-order valence-electron chi connectivity index (χ2n) is 3.27. The van der Waals surface area contributed by atoms with Crippen molar-refractivity contribution >= 4 is 17.3 Å². The van der Waals surface area contributed by atoms with Gasteiger partial charge in [-0.2, -0.15) is 0 Å². The van der Waals surface area contributed by atoms with E-state index in [4.69, 9.17) is 0 Å². The fourth-order valence-corrected chi connectivity index (χ4v) is 2.24. The van der Waals surface area contributed by atoms with Crippen LogP contribution < -0.4 is 10.8 Å². The zero-order valence-corrected chi connectivity index (χ0v) is 9.10. The number of carbonyl (C=O) groups is 1. The first kappa shape index (κ1) is 11.2. The van der Waals surface area contributed by atoms with E-state index in [1.807, 2.05) is 6.07 Å². The fourth-order valence-electron chi connectivity index (χ4n) is 1.24. The second kappa shape index (κ2) is 5.12. The number of carboxylic acids is 1. The van der Waals surface area contributed by atoms with Gasteiger partial charge in [0.2, 0.25) is 0 Å². The first-order valence-electron chi connectivity index (χ1n) is 4.75. The van der Waals surface area contributed by atoms with Crippen LogP contribution in [0.5, 0.6) is 0 Å². The minimum Gasteiger partial charge on any atom is -0.550 e. The van der Waals surface area contributed by atoms with Crippen molar-refractivity contribution in [1.29, 1.82) is 0 Å². The van der Waals surface area contributed by atoms with Crippen molar-refractivity contribution in [3.05, 3.63) is 21.9 Å². The van der Waals surface area contributed by atoms with Gasteiger partial charge in [-0.3, -0.25) is 0 Å². The van der Waals surface area contributed by atoms with Crippen molar-refractivity contribution in [2.45, 2.75) is 32.2 Å². The highest BCUT2D eigenvalue weighted by Crippen LogP contribution is 2.23. The Morgan fingerprint density at radius 3 is 2.86 bits per heavy atom. The molecule has 1 heterocycles. The number of aryl methyl sites for hydroxylation is 1. The average Bonchev–Trinajstić information content (AvgIpc) is 2.62. The number of carbonyl (C=O) groups excluding carboxylic acids is 1. The van der Waals surface area contributed by atoms with Crippen molar-refractivity contribution in [2.75, 3.05) is 0 Å². The smallest absolute Gasteiger partial charge is 0.120 e. The molecule has 1 aromatic heterocycles. The summed E-state index contributed by atoms with van der Waals surface area (Å²) >= 11 is 1.72. The molecule has 0 aliphatic carbocycles. The molecule has 14 heavy (non-hydrogen) atoms. The molecule has 78 valence electrons. The molecule has 4 heteroatoms. The largest absolute Gasteiger partial charge is 0.550 e. The van der Waals surface area contributed by atoms with Gasteiger partial charge in [-0.05, 0) is 25.0 Å². The van der Waals surface area contributed by atoms with Crippen molar-refractivity contribution in [1.82, 2.24) is 0 Å². The van der Waals surface area contributed by atoms with Crippen LogP contribution >= 0.6 is 11.3 Å². The normalized spacial score (nSPS) is 12.7. The van der Waals surface area contributed by atoms with Crippen LogP contribution in [0.3, 0.4) is 0 Å². The summed E-state index contributed by atoms with van der Waals surface area (Å²) in [6, 6.07) is 4.20.